The van der Waals surface area contributed by atoms with E-state index >= 15 is 0 Å². The Hall–Kier alpha value is -2.35. The number of aryl methyl sites for hydroxylation is 1. The van der Waals surface area contributed by atoms with Gasteiger partial charge >= 0.3 is 0 Å². The number of thiazole rings is 1. The summed E-state index contributed by atoms with van der Waals surface area (Å²) in [5.74, 6) is 0.807. The van der Waals surface area contributed by atoms with Crippen molar-refractivity contribution in [2.75, 3.05) is 25.0 Å². The first kappa shape index (κ1) is 17.1. The molecule has 1 aliphatic heterocycles. The van der Waals surface area contributed by atoms with E-state index in [-0.39, 0.29) is 6.10 Å². The van der Waals surface area contributed by atoms with Crippen molar-refractivity contribution in [3.63, 3.8) is 0 Å². The van der Waals surface area contributed by atoms with Crippen LogP contribution in [0, 0.1) is 6.92 Å². The second-order valence-corrected chi connectivity index (χ2v) is 7.57. The predicted molar refractivity (Wildman–Crippen MR) is 103 cm³/mol. The molecule has 0 bridgehead atoms. The number of morpholine rings is 1. The standard InChI is InChI=1S/C19H21N5OS/c1-14-21-11-16(26-14)12-24-8-9-25-18(13-24)17-6-5-15(10-22-17)23-19-4-2-3-7-20-19/h2-7,10-11,18H,8-9,12-13H2,1H3,(H,20,23)/t18-/m1/s1. The Balaban J connectivity index is 1.38. The van der Waals surface area contributed by atoms with Crippen LogP contribution in [0.2, 0.25) is 0 Å². The molecular formula is C19H21N5OS. The second-order valence-electron chi connectivity index (χ2n) is 6.25. The van der Waals surface area contributed by atoms with E-state index in [1.54, 1.807) is 17.5 Å². The number of aromatic nitrogens is 3. The molecule has 0 unspecified atom stereocenters. The van der Waals surface area contributed by atoms with Gasteiger partial charge in [0.1, 0.15) is 11.9 Å². The second kappa shape index (κ2) is 7.90. The molecule has 0 aromatic carbocycles. The molecule has 0 saturated carbocycles. The van der Waals surface area contributed by atoms with E-state index < -0.39 is 0 Å². The van der Waals surface area contributed by atoms with Crippen molar-refractivity contribution in [3.05, 3.63) is 64.5 Å². The summed E-state index contributed by atoms with van der Waals surface area (Å²) >= 11 is 1.76. The van der Waals surface area contributed by atoms with Crippen LogP contribution in [0.15, 0.2) is 48.9 Å². The summed E-state index contributed by atoms with van der Waals surface area (Å²) in [4.78, 5) is 16.9. The predicted octanol–water partition coefficient (Wildman–Crippen LogP) is 3.56. The van der Waals surface area contributed by atoms with Crippen LogP contribution < -0.4 is 5.32 Å². The Labute approximate surface area is 156 Å². The number of hydrogen-bond acceptors (Lipinski definition) is 7. The average Bonchev–Trinajstić information content (AvgIpc) is 3.08. The van der Waals surface area contributed by atoms with E-state index in [4.69, 9.17) is 4.74 Å². The average molecular weight is 367 g/mol. The molecule has 26 heavy (non-hydrogen) atoms. The van der Waals surface area contributed by atoms with Gasteiger partial charge in [-0.05, 0) is 31.2 Å². The molecule has 1 N–H and O–H groups in total. The summed E-state index contributed by atoms with van der Waals surface area (Å²) in [6.45, 7) is 5.47. The SMILES string of the molecule is Cc1ncc(CN2CCO[C@@H](c3ccc(Nc4ccccn4)cn3)C2)s1. The third-order valence-corrected chi connectivity index (χ3v) is 5.15. The van der Waals surface area contributed by atoms with Crippen LogP contribution in [0.1, 0.15) is 21.7 Å². The molecule has 1 saturated heterocycles. The molecule has 0 spiro atoms. The van der Waals surface area contributed by atoms with Crippen LogP contribution in [-0.4, -0.2) is 39.5 Å². The Morgan fingerprint density at radius 1 is 1.19 bits per heavy atom. The van der Waals surface area contributed by atoms with Crippen LogP contribution in [0.4, 0.5) is 11.5 Å². The molecule has 3 aromatic rings. The lowest BCUT2D eigenvalue weighted by molar-refractivity contribution is -0.0346. The summed E-state index contributed by atoms with van der Waals surface area (Å²) in [6, 6.07) is 9.82. The monoisotopic (exact) mass is 367 g/mol. The fourth-order valence-electron chi connectivity index (χ4n) is 2.98. The maximum Gasteiger partial charge on any atom is 0.130 e. The number of pyridine rings is 2. The quantitative estimate of drug-likeness (QED) is 0.744. The minimum absolute atomic E-state index is 0.00155. The lowest BCUT2D eigenvalue weighted by atomic mass is 10.2. The third-order valence-electron chi connectivity index (χ3n) is 4.25. The molecule has 1 fully saturated rings. The molecule has 134 valence electrons. The van der Waals surface area contributed by atoms with E-state index in [1.807, 2.05) is 49.6 Å². The van der Waals surface area contributed by atoms with Crippen molar-refractivity contribution < 1.29 is 4.74 Å². The van der Waals surface area contributed by atoms with Crippen LogP contribution in [0.5, 0.6) is 0 Å². The molecule has 0 amide bonds. The van der Waals surface area contributed by atoms with E-state index in [2.05, 4.69) is 25.2 Å². The zero-order valence-electron chi connectivity index (χ0n) is 14.6. The molecular weight excluding hydrogens is 346 g/mol. The molecule has 6 nitrogen and oxygen atoms in total. The van der Waals surface area contributed by atoms with Crippen molar-refractivity contribution >= 4 is 22.8 Å². The number of nitrogens with zero attached hydrogens (tertiary/aromatic N) is 4. The molecule has 3 aromatic heterocycles. The van der Waals surface area contributed by atoms with Gasteiger partial charge in [-0.25, -0.2) is 9.97 Å². The summed E-state index contributed by atoms with van der Waals surface area (Å²) in [5.41, 5.74) is 1.88. The maximum atomic E-state index is 5.95. The van der Waals surface area contributed by atoms with Gasteiger partial charge in [0.2, 0.25) is 0 Å². The number of ether oxygens (including phenoxy) is 1. The van der Waals surface area contributed by atoms with Gasteiger partial charge in [0.15, 0.2) is 0 Å². The van der Waals surface area contributed by atoms with Crippen molar-refractivity contribution in [2.24, 2.45) is 0 Å². The van der Waals surface area contributed by atoms with Gasteiger partial charge in [0.05, 0.1) is 29.2 Å². The molecule has 7 heteroatoms. The number of anilines is 2. The summed E-state index contributed by atoms with van der Waals surface area (Å²) in [5, 5.41) is 4.36. The highest BCUT2D eigenvalue weighted by Crippen LogP contribution is 2.24. The fraction of sp³-hybridized carbons (Fsp3) is 0.316. The Bertz CT molecular complexity index is 837. The van der Waals surface area contributed by atoms with Gasteiger partial charge in [0.25, 0.3) is 0 Å². The summed E-state index contributed by atoms with van der Waals surface area (Å²) < 4.78 is 5.95. The highest BCUT2D eigenvalue weighted by atomic mass is 32.1. The van der Waals surface area contributed by atoms with Gasteiger partial charge in [0, 0.05) is 36.9 Å². The molecule has 0 radical (unpaired) electrons. The van der Waals surface area contributed by atoms with Gasteiger partial charge in [-0.3, -0.25) is 9.88 Å². The lowest BCUT2D eigenvalue weighted by Gasteiger charge is -2.32. The first-order valence-electron chi connectivity index (χ1n) is 8.65. The van der Waals surface area contributed by atoms with E-state index in [0.29, 0.717) is 0 Å². The van der Waals surface area contributed by atoms with E-state index in [0.717, 1.165) is 48.4 Å². The lowest BCUT2D eigenvalue weighted by Crippen LogP contribution is -2.37. The highest BCUT2D eigenvalue weighted by Gasteiger charge is 2.23. The van der Waals surface area contributed by atoms with Crippen molar-refractivity contribution in [1.29, 1.82) is 0 Å². The molecule has 4 rings (SSSR count). The minimum Gasteiger partial charge on any atom is -0.369 e. The van der Waals surface area contributed by atoms with Gasteiger partial charge in [-0.15, -0.1) is 11.3 Å². The van der Waals surface area contributed by atoms with Crippen molar-refractivity contribution in [2.45, 2.75) is 19.6 Å². The Kier molecular flexibility index (Phi) is 5.19. The van der Waals surface area contributed by atoms with Gasteiger partial charge in [-0.2, -0.15) is 0 Å². The molecule has 4 heterocycles. The minimum atomic E-state index is 0.00155. The van der Waals surface area contributed by atoms with Gasteiger partial charge < -0.3 is 10.1 Å². The zero-order valence-corrected chi connectivity index (χ0v) is 15.4. The zero-order chi connectivity index (χ0) is 17.8. The highest BCUT2D eigenvalue weighted by molar-refractivity contribution is 7.11. The van der Waals surface area contributed by atoms with Gasteiger partial charge in [-0.1, -0.05) is 6.07 Å². The van der Waals surface area contributed by atoms with Crippen molar-refractivity contribution in [3.8, 4) is 0 Å². The Morgan fingerprint density at radius 2 is 2.15 bits per heavy atom. The molecule has 0 aliphatic carbocycles. The fourth-order valence-corrected chi connectivity index (χ4v) is 3.82. The Morgan fingerprint density at radius 3 is 2.88 bits per heavy atom. The normalized spacial score (nSPS) is 18.0. The van der Waals surface area contributed by atoms with Crippen LogP contribution >= 0.6 is 11.3 Å². The third kappa shape index (κ3) is 4.24. The largest absolute Gasteiger partial charge is 0.369 e. The van der Waals surface area contributed by atoms with Crippen LogP contribution in [0.3, 0.4) is 0 Å². The first-order chi connectivity index (χ1) is 12.8. The number of hydrogen-bond donors (Lipinski definition) is 1. The van der Waals surface area contributed by atoms with E-state index in [1.165, 1.54) is 4.88 Å². The topological polar surface area (TPSA) is 63.2 Å². The van der Waals surface area contributed by atoms with Crippen molar-refractivity contribution in [1.82, 2.24) is 19.9 Å². The molecule has 1 aliphatic rings. The van der Waals surface area contributed by atoms with Crippen LogP contribution in [-0.2, 0) is 11.3 Å². The number of rotatable bonds is 5. The summed E-state index contributed by atoms with van der Waals surface area (Å²) in [7, 11) is 0. The number of nitrogens with one attached hydrogen (secondary N) is 1. The van der Waals surface area contributed by atoms with E-state index in [9.17, 15) is 0 Å². The summed E-state index contributed by atoms with van der Waals surface area (Å²) in [6.07, 6.45) is 5.57. The van der Waals surface area contributed by atoms with Crippen LogP contribution in [0.25, 0.3) is 0 Å². The molecule has 1 atom stereocenters. The smallest absolute Gasteiger partial charge is 0.130 e. The maximum absolute atomic E-state index is 5.95. The first-order valence-corrected chi connectivity index (χ1v) is 9.47.